The Morgan fingerprint density at radius 3 is 2.50 bits per heavy atom. The SMILES string of the molecule is Cc1ccccc1OCC(=O)N1N=C(c2ccc(Br)cc2)C[C@]1(O)C(F)(F)F. The normalized spacial score (nSPS) is 19.5. The van der Waals surface area contributed by atoms with Crippen molar-refractivity contribution in [2.24, 2.45) is 5.10 Å². The summed E-state index contributed by atoms with van der Waals surface area (Å²) in [5.41, 5.74) is -2.37. The summed E-state index contributed by atoms with van der Waals surface area (Å²) in [6, 6.07) is 13.2. The average Bonchev–Trinajstić information content (AvgIpc) is 3.00. The van der Waals surface area contributed by atoms with Crippen molar-refractivity contribution in [3.8, 4) is 5.75 Å². The molecule has 2 aromatic rings. The van der Waals surface area contributed by atoms with Gasteiger partial charge in [-0.1, -0.05) is 46.3 Å². The molecule has 3 rings (SSSR count). The van der Waals surface area contributed by atoms with Crippen molar-refractivity contribution in [3.05, 3.63) is 64.1 Å². The summed E-state index contributed by atoms with van der Waals surface area (Å²) < 4.78 is 46.8. The lowest BCUT2D eigenvalue weighted by molar-refractivity contribution is -0.302. The molecule has 0 aliphatic carbocycles. The molecule has 0 fully saturated rings. The smallest absolute Gasteiger partial charge is 0.438 e. The number of hydrogen-bond donors (Lipinski definition) is 1. The molecule has 0 unspecified atom stereocenters. The molecular formula is C19H16BrF3N2O3. The molecule has 1 aliphatic heterocycles. The van der Waals surface area contributed by atoms with Gasteiger partial charge >= 0.3 is 6.18 Å². The summed E-state index contributed by atoms with van der Waals surface area (Å²) in [4.78, 5) is 12.4. The van der Waals surface area contributed by atoms with Gasteiger partial charge in [0.1, 0.15) is 5.75 Å². The summed E-state index contributed by atoms with van der Waals surface area (Å²) in [5, 5.41) is 14.1. The van der Waals surface area contributed by atoms with E-state index in [1.165, 1.54) is 0 Å². The standard InChI is InChI=1S/C19H16BrF3N2O3/c1-12-4-2-3-5-16(12)28-11-17(26)25-18(27,19(21,22)23)10-15(24-25)13-6-8-14(20)9-7-13/h2-9,27H,10-11H2,1H3/t18-/m0/s1. The zero-order valence-electron chi connectivity index (χ0n) is 14.7. The highest BCUT2D eigenvalue weighted by Gasteiger charge is 2.63. The fourth-order valence-corrected chi connectivity index (χ4v) is 3.01. The van der Waals surface area contributed by atoms with E-state index in [2.05, 4.69) is 21.0 Å². The number of carbonyl (C=O) groups excluding carboxylic acids is 1. The second-order valence-electron chi connectivity index (χ2n) is 6.30. The van der Waals surface area contributed by atoms with E-state index >= 15 is 0 Å². The molecule has 2 aromatic carbocycles. The highest BCUT2D eigenvalue weighted by atomic mass is 79.9. The van der Waals surface area contributed by atoms with Crippen LogP contribution >= 0.6 is 15.9 Å². The third-order valence-electron chi connectivity index (χ3n) is 4.30. The number of amides is 1. The number of para-hydroxylation sites is 1. The zero-order valence-corrected chi connectivity index (χ0v) is 16.3. The van der Waals surface area contributed by atoms with Crippen LogP contribution in [-0.4, -0.2) is 40.2 Å². The fourth-order valence-electron chi connectivity index (χ4n) is 2.75. The molecule has 0 bridgehead atoms. The number of alkyl halides is 3. The highest BCUT2D eigenvalue weighted by Crippen LogP contribution is 2.41. The number of hydrogen-bond acceptors (Lipinski definition) is 4. The molecule has 148 valence electrons. The maximum absolute atomic E-state index is 13.6. The summed E-state index contributed by atoms with van der Waals surface area (Å²) in [5.74, 6) is -0.738. The lowest BCUT2D eigenvalue weighted by atomic mass is 10.0. The molecule has 5 nitrogen and oxygen atoms in total. The first-order valence-corrected chi connectivity index (χ1v) is 9.05. The predicted octanol–water partition coefficient (Wildman–Crippen LogP) is 4.02. The van der Waals surface area contributed by atoms with E-state index in [0.717, 1.165) is 10.0 Å². The molecule has 0 radical (unpaired) electrons. The van der Waals surface area contributed by atoms with Gasteiger partial charge in [-0.25, -0.2) is 0 Å². The Balaban J connectivity index is 1.86. The molecule has 0 saturated heterocycles. The Bertz CT molecular complexity index is 915. The van der Waals surface area contributed by atoms with Gasteiger partial charge in [0.05, 0.1) is 12.1 Å². The molecule has 1 heterocycles. The van der Waals surface area contributed by atoms with Crippen LogP contribution < -0.4 is 4.74 Å². The number of aryl methyl sites for hydroxylation is 1. The molecule has 1 aliphatic rings. The van der Waals surface area contributed by atoms with Crippen LogP contribution in [0.25, 0.3) is 0 Å². The maximum Gasteiger partial charge on any atom is 0.438 e. The van der Waals surface area contributed by atoms with Crippen molar-refractivity contribution >= 4 is 27.5 Å². The Morgan fingerprint density at radius 2 is 1.89 bits per heavy atom. The van der Waals surface area contributed by atoms with E-state index in [0.29, 0.717) is 11.3 Å². The number of benzene rings is 2. The first kappa shape index (κ1) is 20.3. The lowest BCUT2D eigenvalue weighted by Gasteiger charge is -2.32. The van der Waals surface area contributed by atoms with Crippen LogP contribution in [0, 0.1) is 6.92 Å². The third-order valence-corrected chi connectivity index (χ3v) is 4.83. The number of aliphatic hydroxyl groups is 1. The van der Waals surface area contributed by atoms with Gasteiger partial charge in [0.15, 0.2) is 6.61 Å². The van der Waals surface area contributed by atoms with Crippen molar-refractivity contribution < 1.29 is 27.8 Å². The van der Waals surface area contributed by atoms with Crippen LogP contribution in [0.5, 0.6) is 5.75 Å². The van der Waals surface area contributed by atoms with E-state index in [1.54, 1.807) is 55.5 Å². The molecule has 1 amide bonds. The number of carbonyl (C=O) groups is 1. The average molecular weight is 457 g/mol. The van der Waals surface area contributed by atoms with Gasteiger partial charge in [-0.3, -0.25) is 4.79 Å². The Morgan fingerprint density at radius 1 is 1.25 bits per heavy atom. The number of rotatable bonds is 4. The second kappa shape index (κ2) is 7.56. The number of hydrazone groups is 1. The highest BCUT2D eigenvalue weighted by molar-refractivity contribution is 9.10. The molecule has 1 atom stereocenters. The minimum absolute atomic E-state index is 0.0448. The Hall–Kier alpha value is -2.39. The minimum atomic E-state index is -5.09. The fraction of sp³-hybridized carbons (Fsp3) is 0.263. The van der Waals surface area contributed by atoms with Crippen molar-refractivity contribution in [2.45, 2.75) is 25.2 Å². The first-order chi connectivity index (χ1) is 13.1. The molecular weight excluding hydrogens is 441 g/mol. The van der Waals surface area contributed by atoms with Crippen molar-refractivity contribution in [1.29, 1.82) is 0 Å². The van der Waals surface area contributed by atoms with E-state index in [-0.39, 0.29) is 10.7 Å². The van der Waals surface area contributed by atoms with Gasteiger partial charge < -0.3 is 9.84 Å². The number of ether oxygens (including phenoxy) is 1. The second-order valence-corrected chi connectivity index (χ2v) is 7.22. The van der Waals surface area contributed by atoms with Crippen molar-refractivity contribution in [1.82, 2.24) is 5.01 Å². The van der Waals surface area contributed by atoms with E-state index < -0.39 is 30.8 Å². The van der Waals surface area contributed by atoms with Crippen molar-refractivity contribution in [2.75, 3.05) is 6.61 Å². The molecule has 9 heteroatoms. The van der Waals surface area contributed by atoms with Gasteiger partial charge in [0, 0.05) is 4.47 Å². The van der Waals surface area contributed by atoms with Crippen LogP contribution in [0.1, 0.15) is 17.5 Å². The summed E-state index contributed by atoms with van der Waals surface area (Å²) in [6.45, 7) is 1.05. The number of nitrogens with zero attached hydrogens (tertiary/aromatic N) is 2. The van der Waals surface area contributed by atoms with Crippen LogP contribution in [0.3, 0.4) is 0 Å². The largest absolute Gasteiger partial charge is 0.483 e. The van der Waals surface area contributed by atoms with Gasteiger partial charge in [0.25, 0.3) is 11.6 Å². The van der Waals surface area contributed by atoms with Gasteiger partial charge in [-0.15, -0.1) is 0 Å². The molecule has 0 saturated carbocycles. The topological polar surface area (TPSA) is 62.1 Å². The van der Waals surface area contributed by atoms with Crippen LogP contribution in [0.4, 0.5) is 13.2 Å². The zero-order chi connectivity index (χ0) is 20.5. The van der Waals surface area contributed by atoms with Crippen molar-refractivity contribution in [3.63, 3.8) is 0 Å². The van der Waals surface area contributed by atoms with Gasteiger partial charge in [-0.2, -0.15) is 23.3 Å². The molecule has 0 aromatic heterocycles. The monoisotopic (exact) mass is 456 g/mol. The first-order valence-electron chi connectivity index (χ1n) is 8.26. The lowest BCUT2D eigenvalue weighted by Crippen LogP contribution is -2.57. The van der Waals surface area contributed by atoms with Gasteiger partial charge in [0.2, 0.25) is 0 Å². The summed E-state index contributed by atoms with van der Waals surface area (Å²) in [7, 11) is 0. The maximum atomic E-state index is 13.6. The van der Waals surface area contributed by atoms with E-state index in [4.69, 9.17) is 4.74 Å². The van der Waals surface area contributed by atoms with Crippen LogP contribution in [-0.2, 0) is 4.79 Å². The molecule has 28 heavy (non-hydrogen) atoms. The minimum Gasteiger partial charge on any atom is -0.483 e. The third kappa shape index (κ3) is 3.90. The van der Waals surface area contributed by atoms with Crippen LogP contribution in [0.15, 0.2) is 58.1 Å². The summed E-state index contributed by atoms with van der Waals surface area (Å²) in [6.07, 6.45) is -5.96. The Labute approximate surface area is 167 Å². The quantitative estimate of drug-likeness (QED) is 0.755. The number of halogens is 4. The van der Waals surface area contributed by atoms with Crippen LogP contribution in [0.2, 0.25) is 0 Å². The predicted molar refractivity (Wildman–Crippen MR) is 99.8 cm³/mol. The van der Waals surface area contributed by atoms with E-state index in [1.807, 2.05) is 0 Å². The van der Waals surface area contributed by atoms with Gasteiger partial charge in [-0.05, 0) is 36.2 Å². The molecule has 1 N–H and O–H groups in total. The Kier molecular flexibility index (Phi) is 5.49. The van der Waals surface area contributed by atoms with E-state index in [9.17, 15) is 23.1 Å². The summed E-state index contributed by atoms with van der Waals surface area (Å²) >= 11 is 3.24. The molecule has 0 spiro atoms.